The lowest BCUT2D eigenvalue weighted by Crippen LogP contribution is -2.61. The van der Waals surface area contributed by atoms with Gasteiger partial charge in [-0.2, -0.15) is 0 Å². The number of nitrogen functional groups attached to an aromatic ring is 1. The molecule has 4 aromatic rings. The number of rotatable bonds is 5. The van der Waals surface area contributed by atoms with Crippen molar-refractivity contribution in [1.29, 1.82) is 0 Å². The average molecular weight is 477 g/mol. The van der Waals surface area contributed by atoms with E-state index in [-0.39, 0.29) is 31.0 Å². The summed E-state index contributed by atoms with van der Waals surface area (Å²) in [4.78, 5) is 20.7. The van der Waals surface area contributed by atoms with Gasteiger partial charge >= 0.3 is 6.09 Å². The van der Waals surface area contributed by atoms with Crippen LogP contribution in [0.15, 0.2) is 42.6 Å². The molecule has 5 rings (SSSR count). The Hall–Kier alpha value is -4.16. The number of carbonyl (C=O) groups is 1. The fraction of sp³-hybridized carbons (Fsp3) is 0.304. The smallest absolute Gasteiger partial charge is 0.343 e. The van der Waals surface area contributed by atoms with Gasteiger partial charge in [0.25, 0.3) is 0 Å². The number of nitrogens with two attached hydrogens (primary N) is 1. The first-order chi connectivity index (χ1) is 16.9. The van der Waals surface area contributed by atoms with E-state index >= 15 is 0 Å². The summed E-state index contributed by atoms with van der Waals surface area (Å²) in [5.41, 5.74) is 6.62. The molecule has 4 heterocycles. The number of aromatic nitrogens is 6. The molecule has 0 unspecified atom stereocenters. The van der Waals surface area contributed by atoms with Gasteiger partial charge < -0.3 is 30.2 Å². The SMILES string of the molecule is COc1cccc2c(-c3cn(Cc4cccc(C5(O)CCOCC5)[n+]4C(=O)[O-])nn3)nc(N)nc12. The Morgan fingerprint density at radius 3 is 2.77 bits per heavy atom. The first-order valence-electron chi connectivity index (χ1n) is 11.0. The Morgan fingerprint density at radius 2 is 2.03 bits per heavy atom. The molecule has 3 aromatic heterocycles. The highest BCUT2D eigenvalue weighted by Crippen LogP contribution is 2.31. The number of nitrogens with zero attached hydrogens (tertiary/aromatic N) is 6. The summed E-state index contributed by atoms with van der Waals surface area (Å²) in [5, 5.41) is 32.3. The first-order valence-corrected chi connectivity index (χ1v) is 11.0. The maximum absolute atomic E-state index is 12.1. The third-order valence-corrected chi connectivity index (χ3v) is 6.08. The number of para-hydroxylation sites is 1. The van der Waals surface area contributed by atoms with Gasteiger partial charge in [-0.3, -0.25) is 0 Å². The summed E-state index contributed by atoms with van der Waals surface area (Å²) in [6.07, 6.45) is 0.750. The average Bonchev–Trinajstić information content (AvgIpc) is 3.31. The molecule has 1 saturated heterocycles. The lowest BCUT2D eigenvalue weighted by Gasteiger charge is -2.30. The largest absolute Gasteiger partial charge is 0.494 e. The Labute approximate surface area is 199 Å². The van der Waals surface area contributed by atoms with E-state index in [2.05, 4.69) is 20.3 Å². The van der Waals surface area contributed by atoms with Gasteiger partial charge in [-0.25, -0.2) is 14.6 Å². The number of methoxy groups -OCH3 is 1. The number of fused-ring (bicyclic) bond motifs is 1. The highest BCUT2D eigenvalue weighted by molar-refractivity contribution is 5.95. The van der Waals surface area contributed by atoms with Gasteiger partial charge in [0.05, 0.1) is 13.3 Å². The van der Waals surface area contributed by atoms with Crippen LogP contribution in [0.5, 0.6) is 5.75 Å². The molecule has 1 aliphatic rings. The number of carboxylic acid groups (broad SMARTS) is 1. The second-order valence-corrected chi connectivity index (χ2v) is 8.24. The van der Waals surface area contributed by atoms with Crippen LogP contribution in [-0.4, -0.2) is 56.5 Å². The number of aliphatic hydroxyl groups is 1. The maximum Gasteiger partial charge on any atom is 0.343 e. The Kier molecular flexibility index (Phi) is 5.75. The molecule has 0 amide bonds. The van der Waals surface area contributed by atoms with E-state index < -0.39 is 11.7 Å². The topological polar surface area (TPSA) is 165 Å². The van der Waals surface area contributed by atoms with Crippen molar-refractivity contribution in [1.82, 2.24) is 25.0 Å². The number of benzene rings is 1. The Bertz CT molecular complexity index is 1410. The van der Waals surface area contributed by atoms with Crippen LogP contribution in [0, 0.1) is 0 Å². The number of pyridine rings is 1. The van der Waals surface area contributed by atoms with Crippen LogP contribution in [0.2, 0.25) is 0 Å². The van der Waals surface area contributed by atoms with Crippen molar-refractivity contribution < 1.29 is 29.0 Å². The molecule has 0 bridgehead atoms. The van der Waals surface area contributed by atoms with Gasteiger partial charge in [-0.1, -0.05) is 17.3 Å². The summed E-state index contributed by atoms with van der Waals surface area (Å²) < 4.78 is 13.2. The van der Waals surface area contributed by atoms with Crippen LogP contribution >= 0.6 is 0 Å². The normalized spacial score (nSPS) is 15.3. The van der Waals surface area contributed by atoms with Crippen LogP contribution in [0.3, 0.4) is 0 Å². The zero-order valence-corrected chi connectivity index (χ0v) is 18.9. The fourth-order valence-corrected chi connectivity index (χ4v) is 4.37. The molecule has 0 atom stereocenters. The lowest BCUT2D eigenvalue weighted by molar-refractivity contribution is -0.652. The molecule has 35 heavy (non-hydrogen) atoms. The van der Waals surface area contributed by atoms with Crippen molar-refractivity contribution in [2.45, 2.75) is 25.0 Å². The van der Waals surface area contributed by atoms with Gasteiger partial charge in [0, 0.05) is 43.6 Å². The molecule has 12 nitrogen and oxygen atoms in total. The maximum atomic E-state index is 12.1. The van der Waals surface area contributed by atoms with Crippen molar-refractivity contribution in [2.24, 2.45) is 0 Å². The molecule has 1 fully saturated rings. The molecule has 12 heteroatoms. The highest BCUT2D eigenvalue weighted by atomic mass is 16.5. The molecule has 0 aliphatic carbocycles. The van der Waals surface area contributed by atoms with E-state index in [9.17, 15) is 15.0 Å². The van der Waals surface area contributed by atoms with Crippen molar-refractivity contribution >= 4 is 22.9 Å². The highest BCUT2D eigenvalue weighted by Gasteiger charge is 2.41. The quantitative estimate of drug-likeness (QED) is 0.374. The van der Waals surface area contributed by atoms with Crippen LogP contribution < -0.4 is 20.1 Å². The van der Waals surface area contributed by atoms with E-state index in [0.29, 0.717) is 46.9 Å². The molecule has 0 saturated carbocycles. The lowest BCUT2D eigenvalue weighted by atomic mass is 9.89. The van der Waals surface area contributed by atoms with Gasteiger partial charge in [0.1, 0.15) is 29.2 Å². The second-order valence-electron chi connectivity index (χ2n) is 8.24. The zero-order chi connectivity index (χ0) is 24.6. The summed E-state index contributed by atoms with van der Waals surface area (Å²) >= 11 is 0. The Balaban J connectivity index is 1.53. The number of anilines is 1. The van der Waals surface area contributed by atoms with E-state index in [4.69, 9.17) is 15.2 Å². The third kappa shape index (κ3) is 4.13. The molecule has 3 N–H and O–H groups in total. The molecule has 0 radical (unpaired) electrons. The molecule has 1 aromatic carbocycles. The standard InChI is InChI=1S/C23H23N7O5/c1-34-17-6-3-5-15-19(25-21(24)26-20(15)17)16-13-29(28-27-16)12-14-4-2-7-18(30(14)22(31)32)23(33)8-10-35-11-9-23/h2-7,13,33H,8-12H2,1H3,(H2-,24,25,26,31,32). The van der Waals surface area contributed by atoms with Crippen LogP contribution in [0.4, 0.5) is 10.7 Å². The summed E-state index contributed by atoms with van der Waals surface area (Å²) in [5.74, 6) is 0.599. The summed E-state index contributed by atoms with van der Waals surface area (Å²) in [6.45, 7) is 0.727. The van der Waals surface area contributed by atoms with Crippen LogP contribution in [-0.2, 0) is 16.9 Å². The molecule has 180 valence electrons. The monoisotopic (exact) mass is 477 g/mol. The number of ether oxygens (including phenoxy) is 2. The van der Waals surface area contributed by atoms with Crippen molar-refractivity contribution in [3.63, 3.8) is 0 Å². The second kappa shape index (κ2) is 8.89. The van der Waals surface area contributed by atoms with Gasteiger partial charge in [-0.05, 0) is 12.1 Å². The summed E-state index contributed by atoms with van der Waals surface area (Å²) in [6, 6.07) is 10.3. The van der Waals surface area contributed by atoms with Crippen LogP contribution in [0.1, 0.15) is 24.2 Å². The van der Waals surface area contributed by atoms with Gasteiger partial charge in [0.2, 0.25) is 17.3 Å². The number of hydrogen-bond acceptors (Lipinski definition) is 10. The molecule has 0 spiro atoms. The molecular weight excluding hydrogens is 454 g/mol. The fourth-order valence-electron chi connectivity index (χ4n) is 4.37. The minimum atomic E-state index is -1.45. The van der Waals surface area contributed by atoms with Gasteiger partial charge in [-0.15, -0.1) is 9.67 Å². The Morgan fingerprint density at radius 1 is 1.26 bits per heavy atom. The van der Waals surface area contributed by atoms with Gasteiger partial charge in [0.15, 0.2) is 5.60 Å². The third-order valence-electron chi connectivity index (χ3n) is 6.08. The number of carbonyl (C=O) groups excluding carboxylic acids is 1. The predicted molar refractivity (Wildman–Crippen MR) is 120 cm³/mol. The van der Waals surface area contributed by atoms with Crippen LogP contribution in [0.25, 0.3) is 22.3 Å². The molecular formula is C23H23N7O5. The minimum absolute atomic E-state index is 0.0544. The number of hydrogen-bond donors (Lipinski definition) is 2. The van der Waals surface area contributed by atoms with E-state index in [0.717, 1.165) is 4.57 Å². The van der Waals surface area contributed by atoms with E-state index in [1.54, 1.807) is 37.6 Å². The zero-order valence-electron chi connectivity index (χ0n) is 18.9. The van der Waals surface area contributed by atoms with Crippen molar-refractivity contribution in [2.75, 3.05) is 26.1 Å². The first kappa shape index (κ1) is 22.6. The van der Waals surface area contributed by atoms with E-state index in [1.807, 2.05) is 12.1 Å². The summed E-state index contributed by atoms with van der Waals surface area (Å²) in [7, 11) is 1.54. The minimum Gasteiger partial charge on any atom is -0.494 e. The van der Waals surface area contributed by atoms with Crippen molar-refractivity contribution in [3.05, 3.63) is 54.0 Å². The molecule has 1 aliphatic heterocycles. The van der Waals surface area contributed by atoms with E-state index in [1.165, 1.54) is 4.68 Å². The predicted octanol–water partition coefficient (Wildman–Crippen LogP) is 0.00430. The van der Waals surface area contributed by atoms with Crippen molar-refractivity contribution in [3.8, 4) is 17.1 Å².